The molecule has 0 aliphatic carbocycles. The lowest BCUT2D eigenvalue weighted by molar-refractivity contribution is 0.0600. The molecule has 0 fully saturated rings. The summed E-state index contributed by atoms with van der Waals surface area (Å²) < 4.78 is 9.40. The Morgan fingerprint density at radius 1 is 0.679 bits per heavy atom. The molecule has 0 saturated carbocycles. The summed E-state index contributed by atoms with van der Waals surface area (Å²) in [6.07, 6.45) is 1.64. The van der Waals surface area contributed by atoms with Crippen molar-refractivity contribution in [3.05, 3.63) is 102 Å². The van der Waals surface area contributed by atoms with E-state index in [-0.39, 0.29) is 5.97 Å². The van der Waals surface area contributed by atoms with Crippen LogP contribution in [-0.4, -0.2) is 32.8 Å². The Labute approximate surface area is 164 Å². The number of benzene rings is 3. The van der Waals surface area contributed by atoms with Gasteiger partial charge in [0.2, 0.25) is 0 Å². The van der Waals surface area contributed by atoms with Gasteiger partial charge in [-0.25, -0.2) is 4.79 Å². The molecule has 5 nitrogen and oxygen atoms in total. The van der Waals surface area contributed by atoms with Gasteiger partial charge < -0.3 is 9.47 Å². The Bertz CT molecular complexity index is 828. The second-order valence-electron chi connectivity index (χ2n) is 5.28. The van der Waals surface area contributed by atoms with Gasteiger partial charge in [0.05, 0.1) is 19.8 Å². The highest BCUT2D eigenvalue weighted by molar-refractivity contribution is 5.89. The molecule has 144 valence electrons. The Balaban J connectivity index is 0.000000212. The van der Waals surface area contributed by atoms with Crippen LogP contribution in [0.15, 0.2) is 84.9 Å². The van der Waals surface area contributed by atoms with Crippen LogP contribution in [0.3, 0.4) is 0 Å². The van der Waals surface area contributed by atoms with Crippen molar-refractivity contribution in [3.8, 4) is 5.75 Å². The topological polar surface area (TPSA) is 69.7 Å². The average Bonchev–Trinajstić information content (AvgIpc) is 2.80. The molecule has 5 heteroatoms. The van der Waals surface area contributed by atoms with Crippen molar-refractivity contribution in [3.63, 3.8) is 0 Å². The molecule has 0 saturated heterocycles. The second kappa shape index (κ2) is 13.5. The molecule has 28 heavy (non-hydrogen) atoms. The lowest BCUT2D eigenvalue weighted by atomic mass is 10.2. The highest BCUT2D eigenvalue weighted by atomic mass is 16.5. The molecule has 0 bridgehead atoms. The minimum atomic E-state index is -0.291. The van der Waals surface area contributed by atoms with Gasteiger partial charge in [0, 0.05) is 11.1 Å². The summed E-state index contributed by atoms with van der Waals surface area (Å²) in [6.45, 7) is 0. The van der Waals surface area contributed by atoms with Crippen LogP contribution >= 0.6 is 0 Å². The van der Waals surface area contributed by atoms with Crippen LogP contribution in [0.5, 0.6) is 5.75 Å². The van der Waals surface area contributed by atoms with Gasteiger partial charge in [0.1, 0.15) is 18.3 Å². The predicted octanol–water partition coefficient (Wildman–Crippen LogP) is 4.48. The Kier molecular flexibility index (Phi) is 10.7. The highest BCUT2D eigenvalue weighted by Crippen LogP contribution is 2.09. The Hall–Kier alpha value is -3.73. The molecule has 0 aliphatic rings. The minimum absolute atomic E-state index is 0.291. The molecule has 0 unspecified atom stereocenters. The maximum atomic E-state index is 10.8. The van der Waals surface area contributed by atoms with Crippen LogP contribution in [0.1, 0.15) is 31.1 Å². The standard InChI is InChI=1S/2C8H8O2.C7H6O/c1-10-8-4-2-7(6-9)3-5-8;1-10-8(9)7-5-3-2-4-6-7;8-6-7-4-2-1-3-5-7/h2*2-6H,1H3;1-6H. The maximum Gasteiger partial charge on any atom is 0.337 e. The molecule has 3 rings (SSSR count). The van der Waals surface area contributed by atoms with E-state index >= 15 is 0 Å². The van der Waals surface area contributed by atoms with Crippen molar-refractivity contribution in [1.82, 2.24) is 0 Å². The number of rotatable bonds is 4. The van der Waals surface area contributed by atoms with Gasteiger partial charge in [0.15, 0.2) is 0 Å². The largest absolute Gasteiger partial charge is 0.497 e. The molecule has 0 radical (unpaired) electrons. The summed E-state index contributed by atoms with van der Waals surface area (Å²) >= 11 is 0. The molecular formula is C23H22O5. The third-order valence-electron chi connectivity index (χ3n) is 3.38. The predicted molar refractivity (Wildman–Crippen MR) is 108 cm³/mol. The molecule has 0 N–H and O–H groups in total. The van der Waals surface area contributed by atoms with E-state index in [9.17, 15) is 14.4 Å². The zero-order chi connectivity index (χ0) is 20.6. The normalized spacial score (nSPS) is 8.79. The fraction of sp³-hybridized carbons (Fsp3) is 0.0870. The average molecular weight is 378 g/mol. The summed E-state index contributed by atoms with van der Waals surface area (Å²) in [5.74, 6) is 0.478. The molecule has 0 aliphatic heterocycles. The van der Waals surface area contributed by atoms with Crippen molar-refractivity contribution in [2.45, 2.75) is 0 Å². The van der Waals surface area contributed by atoms with Crippen LogP contribution < -0.4 is 4.74 Å². The van der Waals surface area contributed by atoms with Crippen molar-refractivity contribution in [2.24, 2.45) is 0 Å². The number of hydrogen-bond donors (Lipinski definition) is 0. The molecule has 3 aromatic carbocycles. The van der Waals surface area contributed by atoms with Gasteiger partial charge in [-0.05, 0) is 36.4 Å². The minimum Gasteiger partial charge on any atom is -0.497 e. The zero-order valence-electron chi connectivity index (χ0n) is 15.8. The number of ether oxygens (including phenoxy) is 2. The monoisotopic (exact) mass is 378 g/mol. The van der Waals surface area contributed by atoms with E-state index in [0.29, 0.717) is 11.1 Å². The number of carbonyl (C=O) groups is 3. The van der Waals surface area contributed by atoms with E-state index in [1.165, 1.54) is 7.11 Å². The van der Waals surface area contributed by atoms with Crippen molar-refractivity contribution < 1.29 is 23.9 Å². The summed E-state index contributed by atoms with van der Waals surface area (Å²) in [5, 5.41) is 0. The Morgan fingerprint density at radius 2 is 1.14 bits per heavy atom. The maximum absolute atomic E-state index is 10.8. The van der Waals surface area contributed by atoms with Gasteiger partial charge in [0.25, 0.3) is 0 Å². The first-order valence-corrected chi connectivity index (χ1v) is 8.37. The van der Waals surface area contributed by atoms with Gasteiger partial charge in [-0.1, -0.05) is 48.5 Å². The first-order valence-electron chi connectivity index (χ1n) is 8.37. The molecule has 3 aromatic rings. The first-order chi connectivity index (χ1) is 13.6. The van der Waals surface area contributed by atoms with Gasteiger partial charge in [-0.2, -0.15) is 0 Å². The van der Waals surface area contributed by atoms with Crippen LogP contribution in [0.2, 0.25) is 0 Å². The van der Waals surface area contributed by atoms with E-state index in [1.54, 1.807) is 67.8 Å². The quantitative estimate of drug-likeness (QED) is 0.494. The fourth-order valence-corrected chi connectivity index (χ4v) is 1.91. The van der Waals surface area contributed by atoms with E-state index < -0.39 is 0 Å². The third kappa shape index (κ3) is 8.58. The molecular weight excluding hydrogens is 356 g/mol. The van der Waals surface area contributed by atoms with Crippen LogP contribution in [0.4, 0.5) is 0 Å². The fourth-order valence-electron chi connectivity index (χ4n) is 1.91. The Morgan fingerprint density at radius 3 is 1.54 bits per heavy atom. The number of esters is 1. The third-order valence-corrected chi connectivity index (χ3v) is 3.38. The van der Waals surface area contributed by atoms with Gasteiger partial charge in [-0.15, -0.1) is 0 Å². The lowest BCUT2D eigenvalue weighted by Gasteiger charge is -1.96. The number of carbonyl (C=O) groups excluding carboxylic acids is 3. The second-order valence-corrected chi connectivity index (χ2v) is 5.28. The summed E-state index contributed by atoms with van der Waals surface area (Å²) in [7, 11) is 2.96. The van der Waals surface area contributed by atoms with Gasteiger partial charge >= 0.3 is 5.97 Å². The summed E-state index contributed by atoms with van der Waals surface area (Å²) in [5.41, 5.74) is 1.98. The lowest BCUT2D eigenvalue weighted by Crippen LogP contribution is -1.99. The highest BCUT2D eigenvalue weighted by Gasteiger charge is 2.00. The van der Waals surface area contributed by atoms with Crippen molar-refractivity contribution in [2.75, 3.05) is 14.2 Å². The van der Waals surface area contributed by atoms with E-state index in [1.807, 2.05) is 24.3 Å². The van der Waals surface area contributed by atoms with Gasteiger partial charge in [-0.3, -0.25) is 9.59 Å². The number of hydrogen-bond acceptors (Lipinski definition) is 5. The molecule has 0 atom stereocenters. The molecule has 0 aromatic heterocycles. The summed E-state index contributed by atoms with van der Waals surface area (Å²) in [4.78, 5) is 31.0. The SMILES string of the molecule is COC(=O)c1ccccc1.COc1ccc(C=O)cc1.O=Cc1ccccc1. The van der Waals surface area contributed by atoms with E-state index in [0.717, 1.165) is 23.9 Å². The van der Waals surface area contributed by atoms with Crippen LogP contribution in [0, 0.1) is 0 Å². The molecule has 0 spiro atoms. The smallest absolute Gasteiger partial charge is 0.337 e. The number of aldehydes is 2. The van der Waals surface area contributed by atoms with E-state index in [4.69, 9.17) is 4.74 Å². The van der Waals surface area contributed by atoms with Crippen molar-refractivity contribution >= 4 is 18.5 Å². The van der Waals surface area contributed by atoms with Crippen molar-refractivity contribution in [1.29, 1.82) is 0 Å². The van der Waals surface area contributed by atoms with E-state index in [2.05, 4.69) is 4.74 Å². The first kappa shape index (κ1) is 22.3. The van der Waals surface area contributed by atoms with Crippen LogP contribution in [-0.2, 0) is 4.74 Å². The van der Waals surface area contributed by atoms with Crippen LogP contribution in [0.25, 0.3) is 0 Å². The molecule has 0 heterocycles. The molecule has 0 amide bonds. The number of methoxy groups -OCH3 is 2. The zero-order valence-corrected chi connectivity index (χ0v) is 15.8. The summed E-state index contributed by atoms with van der Waals surface area (Å²) in [6, 6.07) is 24.9.